The van der Waals surface area contributed by atoms with Crippen molar-refractivity contribution in [3.63, 3.8) is 0 Å². The average Bonchev–Trinajstić information content (AvgIpc) is 2.65. The molecule has 1 heterocycles. The molecular weight excluding hydrogens is 194 g/mol. The monoisotopic (exact) mass is 211 g/mol. The highest BCUT2D eigenvalue weighted by atomic mass is 16.1. The van der Waals surface area contributed by atoms with Gasteiger partial charge < -0.3 is 11.1 Å². The van der Waals surface area contributed by atoms with Crippen LogP contribution in [0, 0.1) is 0 Å². The highest BCUT2D eigenvalue weighted by Gasteiger charge is 2.12. The number of amides is 1. The van der Waals surface area contributed by atoms with Crippen LogP contribution in [0.3, 0.4) is 0 Å². The maximum absolute atomic E-state index is 10.9. The van der Waals surface area contributed by atoms with E-state index in [0.717, 1.165) is 18.7 Å². The van der Waals surface area contributed by atoms with Crippen LogP contribution >= 0.6 is 0 Å². The van der Waals surface area contributed by atoms with Crippen LogP contribution < -0.4 is 11.1 Å². The molecule has 0 bridgehead atoms. The molecule has 6 heteroatoms. The molecular formula is C9H17N5O. The summed E-state index contributed by atoms with van der Waals surface area (Å²) in [4.78, 5) is 10.9. The SMILES string of the molecule is CCCNCc1cn(C(C)C(N)=O)nn1. The first-order valence-corrected chi connectivity index (χ1v) is 5.06. The second kappa shape index (κ2) is 5.45. The van der Waals surface area contributed by atoms with Gasteiger partial charge in [-0.1, -0.05) is 12.1 Å². The molecule has 84 valence electrons. The van der Waals surface area contributed by atoms with Crippen molar-refractivity contribution in [2.24, 2.45) is 5.73 Å². The van der Waals surface area contributed by atoms with Gasteiger partial charge in [-0.25, -0.2) is 4.68 Å². The third kappa shape index (κ3) is 3.32. The summed E-state index contributed by atoms with van der Waals surface area (Å²) in [6.45, 7) is 5.40. The fraction of sp³-hybridized carbons (Fsp3) is 0.667. The van der Waals surface area contributed by atoms with Crippen molar-refractivity contribution in [2.75, 3.05) is 6.54 Å². The molecule has 15 heavy (non-hydrogen) atoms. The Morgan fingerprint density at radius 1 is 1.73 bits per heavy atom. The Kier molecular flexibility index (Phi) is 4.23. The first-order chi connectivity index (χ1) is 7.15. The molecule has 0 aromatic carbocycles. The average molecular weight is 211 g/mol. The molecule has 0 aliphatic heterocycles. The zero-order chi connectivity index (χ0) is 11.3. The molecule has 0 radical (unpaired) electrons. The van der Waals surface area contributed by atoms with Gasteiger partial charge in [-0.05, 0) is 19.9 Å². The number of rotatable bonds is 6. The Bertz CT molecular complexity index is 322. The van der Waals surface area contributed by atoms with Crippen LogP contribution in [0.15, 0.2) is 6.20 Å². The predicted molar refractivity (Wildman–Crippen MR) is 55.9 cm³/mol. The lowest BCUT2D eigenvalue weighted by molar-refractivity contribution is -0.120. The lowest BCUT2D eigenvalue weighted by Gasteiger charge is -2.04. The highest BCUT2D eigenvalue weighted by molar-refractivity contribution is 5.77. The van der Waals surface area contributed by atoms with Gasteiger partial charge in [-0.3, -0.25) is 4.79 Å². The second-order valence-corrected chi connectivity index (χ2v) is 3.45. The van der Waals surface area contributed by atoms with E-state index in [-0.39, 0.29) is 0 Å². The number of hydrogen-bond acceptors (Lipinski definition) is 4. The van der Waals surface area contributed by atoms with Crippen LogP contribution in [-0.4, -0.2) is 27.4 Å². The van der Waals surface area contributed by atoms with Gasteiger partial charge in [0.1, 0.15) is 6.04 Å². The van der Waals surface area contributed by atoms with Crippen molar-refractivity contribution in [3.05, 3.63) is 11.9 Å². The predicted octanol–water partition coefficient (Wildman–Crippen LogP) is -0.176. The summed E-state index contributed by atoms with van der Waals surface area (Å²) in [5.74, 6) is -0.409. The van der Waals surface area contributed by atoms with Gasteiger partial charge in [-0.15, -0.1) is 5.10 Å². The van der Waals surface area contributed by atoms with Gasteiger partial charge in [0.2, 0.25) is 5.91 Å². The van der Waals surface area contributed by atoms with Crippen LogP contribution in [0.2, 0.25) is 0 Å². The maximum atomic E-state index is 10.9. The smallest absolute Gasteiger partial charge is 0.242 e. The van der Waals surface area contributed by atoms with Gasteiger partial charge in [0.25, 0.3) is 0 Å². The van der Waals surface area contributed by atoms with E-state index < -0.39 is 11.9 Å². The number of aromatic nitrogens is 3. The van der Waals surface area contributed by atoms with Crippen LogP contribution in [-0.2, 0) is 11.3 Å². The van der Waals surface area contributed by atoms with Crippen molar-refractivity contribution in [3.8, 4) is 0 Å². The van der Waals surface area contributed by atoms with E-state index in [2.05, 4.69) is 22.6 Å². The van der Waals surface area contributed by atoms with Crippen LogP contribution in [0.4, 0.5) is 0 Å². The standard InChI is InChI=1S/C9H17N5O/c1-3-4-11-5-8-6-14(13-12-8)7(2)9(10)15/h6-7,11H,3-5H2,1-2H3,(H2,10,15). The molecule has 1 aromatic heterocycles. The quantitative estimate of drug-likeness (QED) is 0.639. The maximum Gasteiger partial charge on any atom is 0.242 e. The summed E-state index contributed by atoms with van der Waals surface area (Å²) < 4.78 is 1.48. The number of primary amides is 1. The molecule has 1 aromatic rings. The second-order valence-electron chi connectivity index (χ2n) is 3.45. The molecule has 1 atom stereocenters. The van der Waals surface area contributed by atoms with Crippen LogP contribution in [0.5, 0.6) is 0 Å². The van der Waals surface area contributed by atoms with Crippen molar-refractivity contribution >= 4 is 5.91 Å². The molecule has 3 N–H and O–H groups in total. The summed E-state index contributed by atoms with van der Waals surface area (Å²) in [5, 5.41) is 11.0. The molecule has 1 unspecified atom stereocenters. The number of nitrogens with one attached hydrogen (secondary N) is 1. The van der Waals surface area contributed by atoms with Gasteiger partial charge >= 0.3 is 0 Å². The summed E-state index contributed by atoms with van der Waals surface area (Å²) >= 11 is 0. The van der Waals surface area contributed by atoms with Gasteiger partial charge in [0.15, 0.2) is 0 Å². The first kappa shape index (κ1) is 11.6. The van der Waals surface area contributed by atoms with Gasteiger partial charge in [0, 0.05) is 6.54 Å². The number of carbonyl (C=O) groups excluding carboxylic acids is 1. The topological polar surface area (TPSA) is 85.8 Å². The number of nitrogens with two attached hydrogens (primary N) is 1. The Balaban J connectivity index is 2.52. The Morgan fingerprint density at radius 2 is 2.47 bits per heavy atom. The van der Waals surface area contributed by atoms with Crippen molar-refractivity contribution < 1.29 is 4.79 Å². The normalized spacial score (nSPS) is 12.7. The zero-order valence-electron chi connectivity index (χ0n) is 9.10. The fourth-order valence-electron chi connectivity index (χ4n) is 1.11. The summed E-state index contributed by atoms with van der Waals surface area (Å²) in [6, 6.07) is -0.447. The summed E-state index contributed by atoms with van der Waals surface area (Å²) in [6.07, 6.45) is 2.81. The van der Waals surface area contributed by atoms with Crippen LogP contribution in [0.25, 0.3) is 0 Å². The highest BCUT2D eigenvalue weighted by Crippen LogP contribution is 2.03. The Morgan fingerprint density at radius 3 is 3.07 bits per heavy atom. The van der Waals surface area contributed by atoms with Crippen molar-refractivity contribution in [1.82, 2.24) is 20.3 Å². The van der Waals surface area contributed by atoms with E-state index >= 15 is 0 Å². The van der Waals surface area contributed by atoms with E-state index in [4.69, 9.17) is 5.73 Å². The first-order valence-electron chi connectivity index (χ1n) is 5.06. The van der Waals surface area contributed by atoms with E-state index in [0.29, 0.717) is 6.54 Å². The minimum absolute atomic E-state index is 0.409. The van der Waals surface area contributed by atoms with E-state index in [1.165, 1.54) is 4.68 Å². The van der Waals surface area contributed by atoms with E-state index in [9.17, 15) is 4.79 Å². The number of nitrogens with zero attached hydrogens (tertiary/aromatic N) is 3. The summed E-state index contributed by atoms with van der Waals surface area (Å²) in [7, 11) is 0. The van der Waals surface area contributed by atoms with Crippen LogP contribution in [0.1, 0.15) is 32.0 Å². The minimum Gasteiger partial charge on any atom is -0.368 e. The molecule has 0 saturated carbocycles. The Hall–Kier alpha value is -1.43. The Labute approximate surface area is 88.8 Å². The molecule has 0 aliphatic rings. The molecule has 6 nitrogen and oxygen atoms in total. The van der Waals surface area contributed by atoms with Crippen molar-refractivity contribution in [2.45, 2.75) is 32.9 Å². The third-order valence-electron chi connectivity index (χ3n) is 2.10. The van der Waals surface area contributed by atoms with Gasteiger partial charge in [-0.2, -0.15) is 0 Å². The lowest BCUT2D eigenvalue weighted by atomic mass is 10.3. The largest absolute Gasteiger partial charge is 0.368 e. The fourth-order valence-corrected chi connectivity index (χ4v) is 1.11. The molecule has 0 saturated heterocycles. The van der Waals surface area contributed by atoms with E-state index in [1.54, 1.807) is 13.1 Å². The number of hydrogen-bond donors (Lipinski definition) is 2. The minimum atomic E-state index is -0.447. The molecule has 0 aliphatic carbocycles. The number of carbonyl (C=O) groups is 1. The van der Waals surface area contributed by atoms with Crippen molar-refractivity contribution in [1.29, 1.82) is 0 Å². The summed E-state index contributed by atoms with van der Waals surface area (Å²) in [5.41, 5.74) is 5.97. The molecule has 1 amide bonds. The molecule has 1 rings (SSSR count). The zero-order valence-corrected chi connectivity index (χ0v) is 9.10. The molecule has 0 spiro atoms. The van der Waals surface area contributed by atoms with Gasteiger partial charge in [0.05, 0.1) is 11.9 Å². The lowest BCUT2D eigenvalue weighted by Crippen LogP contribution is -2.24. The third-order valence-corrected chi connectivity index (χ3v) is 2.10. The van der Waals surface area contributed by atoms with E-state index in [1.807, 2.05) is 0 Å². The molecule has 0 fully saturated rings.